The summed E-state index contributed by atoms with van der Waals surface area (Å²) in [6, 6.07) is 11.8. The first-order valence-electron chi connectivity index (χ1n) is 14.0. The van der Waals surface area contributed by atoms with Gasteiger partial charge in [-0.1, -0.05) is 12.1 Å². The van der Waals surface area contributed by atoms with Crippen molar-refractivity contribution in [2.45, 2.75) is 25.7 Å². The maximum Gasteiger partial charge on any atom is 0.224 e. The van der Waals surface area contributed by atoms with Gasteiger partial charge in [-0.3, -0.25) is 24.7 Å². The average molecular weight is 544 g/mol. The molecule has 7 rings (SSSR count). The molecule has 3 N–H and O–H groups in total. The number of aromatic amines is 1. The number of carbonyl (C=O) groups is 1. The molecule has 5 aromatic rings. The van der Waals surface area contributed by atoms with Crippen molar-refractivity contribution < 1.29 is 4.79 Å². The van der Waals surface area contributed by atoms with Crippen LogP contribution in [0, 0.1) is 5.92 Å². The van der Waals surface area contributed by atoms with Crippen LogP contribution in [0.3, 0.4) is 0 Å². The SMILES string of the molecule is O=C(CC1CCNCC1)Nc1cncc(-c2ccc3c(n2)C(c2nc4c(-c5ccccn5)cncc4[nH]2)=NCC3)c1. The quantitative estimate of drug-likeness (QED) is 0.292. The number of rotatable bonds is 6. The van der Waals surface area contributed by atoms with E-state index in [2.05, 4.69) is 36.6 Å². The van der Waals surface area contributed by atoms with E-state index in [1.165, 1.54) is 0 Å². The number of amides is 1. The summed E-state index contributed by atoms with van der Waals surface area (Å²) >= 11 is 0. The van der Waals surface area contributed by atoms with Gasteiger partial charge < -0.3 is 15.6 Å². The number of aliphatic imine (C=N–C) groups is 1. The molecule has 0 unspecified atom stereocenters. The van der Waals surface area contributed by atoms with Gasteiger partial charge in [0.1, 0.15) is 11.2 Å². The van der Waals surface area contributed by atoms with Crippen LogP contribution in [0.2, 0.25) is 0 Å². The van der Waals surface area contributed by atoms with Crippen LogP contribution >= 0.6 is 0 Å². The molecule has 0 spiro atoms. The van der Waals surface area contributed by atoms with E-state index in [-0.39, 0.29) is 5.91 Å². The molecule has 7 heterocycles. The van der Waals surface area contributed by atoms with Gasteiger partial charge in [0.15, 0.2) is 5.82 Å². The zero-order valence-electron chi connectivity index (χ0n) is 22.5. The number of piperidine rings is 1. The maximum absolute atomic E-state index is 12.7. The predicted molar refractivity (Wildman–Crippen MR) is 158 cm³/mol. The third kappa shape index (κ3) is 5.21. The fourth-order valence-corrected chi connectivity index (χ4v) is 5.57. The molecular formula is C31H29N9O. The van der Waals surface area contributed by atoms with Crippen LogP contribution in [0.5, 0.6) is 0 Å². The number of imidazole rings is 1. The number of H-pyrrole nitrogens is 1. The Bertz CT molecular complexity index is 1760. The lowest BCUT2D eigenvalue weighted by Gasteiger charge is -2.21. The minimum Gasteiger partial charge on any atom is -0.335 e. The first kappa shape index (κ1) is 25.2. The van der Waals surface area contributed by atoms with Gasteiger partial charge in [0.2, 0.25) is 5.91 Å². The number of anilines is 1. The molecule has 0 saturated carbocycles. The highest BCUT2D eigenvalue weighted by molar-refractivity contribution is 6.12. The molecule has 0 radical (unpaired) electrons. The third-order valence-electron chi connectivity index (χ3n) is 7.66. The Labute approximate surface area is 236 Å². The van der Waals surface area contributed by atoms with Gasteiger partial charge in [-0.2, -0.15) is 0 Å². The summed E-state index contributed by atoms with van der Waals surface area (Å²) in [5.74, 6) is 1.09. The highest BCUT2D eigenvalue weighted by Crippen LogP contribution is 2.28. The van der Waals surface area contributed by atoms with E-state index in [4.69, 9.17) is 15.0 Å². The summed E-state index contributed by atoms with van der Waals surface area (Å²) in [5, 5.41) is 6.38. The molecule has 0 bridgehead atoms. The molecule has 41 heavy (non-hydrogen) atoms. The maximum atomic E-state index is 12.7. The van der Waals surface area contributed by atoms with Gasteiger partial charge in [0, 0.05) is 42.7 Å². The third-order valence-corrected chi connectivity index (χ3v) is 7.66. The fraction of sp³-hybridized carbons (Fsp3) is 0.258. The lowest BCUT2D eigenvalue weighted by atomic mass is 9.94. The van der Waals surface area contributed by atoms with Crippen molar-refractivity contribution in [3.63, 3.8) is 0 Å². The predicted octanol–water partition coefficient (Wildman–Crippen LogP) is 4.20. The van der Waals surface area contributed by atoms with Crippen LogP contribution < -0.4 is 10.6 Å². The van der Waals surface area contributed by atoms with E-state index < -0.39 is 0 Å². The normalized spacial score (nSPS) is 15.4. The Balaban J connectivity index is 1.18. The van der Waals surface area contributed by atoms with Gasteiger partial charge in [-0.15, -0.1) is 0 Å². The number of pyridine rings is 4. The Morgan fingerprint density at radius 2 is 1.88 bits per heavy atom. The molecule has 10 nitrogen and oxygen atoms in total. The highest BCUT2D eigenvalue weighted by Gasteiger charge is 2.23. The number of hydrogen-bond donors (Lipinski definition) is 3. The molecular weight excluding hydrogens is 514 g/mol. The zero-order chi connectivity index (χ0) is 27.6. The molecule has 2 aliphatic rings. The van der Waals surface area contributed by atoms with E-state index in [0.29, 0.717) is 30.4 Å². The second-order valence-corrected chi connectivity index (χ2v) is 10.5. The number of hydrogen-bond acceptors (Lipinski definition) is 8. The largest absolute Gasteiger partial charge is 0.335 e. The van der Waals surface area contributed by atoms with Crippen molar-refractivity contribution in [3.05, 3.63) is 84.5 Å². The lowest BCUT2D eigenvalue weighted by Crippen LogP contribution is -2.30. The molecule has 1 fully saturated rings. The van der Waals surface area contributed by atoms with E-state index >= 15 is 0 Å². The summed E-state index contributed by atoms with van der Waals surface area (Å²) in [6.45, 7) is 2.60. The number of nitrogens with one attached hydrogen (secondary N) is 3. The van der Waals surface area contributed by atoms with Crippen LogP contribution in [0.15, 0.2) is 72.4 Å². The van der Waals surface area contributed by atoms with E-state index in [1.54, 1.807) is 31.0 Å². The molecule has 0 atom stereocenters. The van der Waals surface area contributed by atoms with Crippen LogP contribution in [0.4, 0.5) is 5.69 Å². The Morgan fingerprint density at radius 3 is 2.76 bits per heavy atom. The fourth-order valence-electron chi connectivity index (χ4n) is 5.57. The molecule has 10 heteroatoms. The van der Waals surface area contributed by atoms with Gasteiger partial charge >= 0.3 is 0 Å². The topological polar surface area (TPSA) is 134 Å². The van der Waals surface area contributed by atoms with Crippen molar-refractivity contribution >= 4 is 28.3 Å². The van der Waals surface area contributed by atoms with Crippen LogP contribution in [-0.2, 0) is 11.2 Å². The summed E-state index contributed by atoms with van der Waals surface area (Å²) in [4.78, 5) is 44.2. The zero-order valence-corrected chi connectivity index (χ0v) is 22.5. The molecule has 5 aromatic heterocycles. The van der Waals surface area contributed by atoms with Crippen LogP contribution in [0.1, 0.15) is 36.3 Å². The monoisotopic (exact) mass is 543 g/mol. The van der Waals surface area contributed by atoms with Crippen LogP contribution in [-0.4, -0.2) is 61.2 Å². The van der Waals surface area contributed by atoms with E-state index in [1.807, 2.05) is 30.3 Å². The summed E-state index contributed by atoms with van der Waals surface area (Å²) in [6.07, 6.45) is 12.1. The highest BCUT2D eigenvalue weighted by atomic mass is 16.1. The number of fused-ring (bicyclic) bond motifs is 2. The van der Waals surface area contributed by atoms with Gasteiger partial charge in [-0.05, 0) is 68.1 Å². The number of nitrogens with zero attached hydrogens (tertiary/aromatic N) is 6. The second kappa shape index (κ2) is 11.0. The summed E-state index contributed by atoms with van der Waals surface area (Å²) in [7, 11) is 0. The molecule has 1 amide bonds. The number of aromatic nitrogens is 6. The van der Waals surface area contributed by atoms with Crippen molar-refractivity contribution in [2.24, 2.45) is 10.9 Å². The number of carbonyl (C=O) groups excluding carboxylic acids is 1. The van der Waals surface area contributed by atoms with E-state index in [9.17, 15) is 4.79 Å². The Morgan fingerprint density at radius 1 is 0.976 bits per heavy atom. The molecule has 0 aliphatic carbocycles. The minimum absolute atomic E-state index is 0.0214. The van der Waals surface area contributed by atoms with Gasteiger partial charge in [0.05, 0.1) is 40.7 Å². The lowest BCUT2D eigenvalue weighted by molar-refractivity contribution is -0.117. The molecule has 204 valence electrons. The minimum atomic E-state index is 0.0214. The van der Waals surface area contributed by atoms with Crippen molar-refractivity contribution in [1.82, 2.24) is 35.2 Å². The first-order valence-corrected chi connectivity index (χ1v) is 14.0. The van der Waals surface area contributed by atoms with Crippen LogP contribution in [0.25, 0.3) is 33.5 Å². The first-order chi connectivity index (χ1) is 20.2. The van der Waals surface area contributed by atoms with Crippen molar-refractivity contribution in [3.8, 4) is 22.5 Å². The van der Waals surface area contributed by atoms with E-state index in [0.717, 1.165) is 82.9 Å². The smallest absolute Gasteiger partial charge is 0.224 e. The van der Waals surface area contributed by atoms with Gasteiger partial charge in [0.25, 0.3) is 0 Å². The molecule has 2 aliphatic heterocycles. The average Bonchev–Trinajstić information content (AvgIpc) is 3.46. The Hall–Kier alpha value is -4.83. The molecule has 0 aromatic carbocycles. The van der Waals surface area contributed by atoms with Crippen molar-refractivity contribution in [2.75, 3.05) is 25.0 Å². The Kier molecular flexibility index (Phi) is 6.73. The second-order valence-electron chi connectivity index (χ2n) is 10.5. The van der Waals surface area contributed by atoms with Crippen molar-refractivity contribution in [1.29, 1.82) is 0 Å². The summed E-state index contributed by atoms with van der Waals surface area (Å²) < 4.78 is 0. The van der Waals surface area contributed by atoms with Gasteiger partial charge in [-0.25, -0.2) is 9.97 Å². The summed E-state index contributed by atoms with van der Waals surface area (Å²) in [5.41, 5.74) is 8.14. The standard InChI is InChI=1S/C31H29N9O/c41-27(13-19-6-10-32-11-7-19)37-22-14-21(15-33-16-22)24-5-4-20-8-12-36-30(28(20)38-24)31-39-26-18-34-17-23(29(26)40-31)25-3-1-2-9-35-25/h1-5,9,14-19,32H,6-8,10-13H2,(H,37,41)(H,39,40). The molecule has 1 saturated heterocycles.